The molecule has 0 radical (unpaired) electrons. The van der Waals surface area contributed by atoms with Crippen LogP contribution in [-0.4, -0.2) is 20.6 Å². The number of fused-ring (bicyclic) bond motifs is 1. The SMILES string of the molecule is Cc1ccc2nc(NC3CCCC(C)C3C)nn2c1. The molecular weight excluding hydrogens is 236 g/mol. The second kappa shape index (κ2) is 4.83. The maximum atomic E-state index is 4.55. The van der Waals surface area contributed by atoms with Gasteiger partial charge in [-0.3, -0.25) is 0 Å². The van der Waals surface area contributed by atoms with E-state index in [4.69, 9.17) is 0 Å². The fraction of sp³-hybridized carbons (Fsp3) is 0.600. The molecule has 0 aromatic carbocycles. The summed E-state index contributed by atoms with van der Waals surface area (Å²) in [6, 6.07) is 4.58. The van der Waals surface area contributed by atoms with Gasteiger partial charge in [-0.2, -0.15) is 4.98 Å². The summed E-state index contributed by atoms with van der Waals surface area (Å²) in [5.74, 6) is 2.23. The van der Waals surface area contributed by atoms with Gasteiger partial charge in [-0.1, -0.05) is 32.8 Å². The van der Waals surface area contributed by atoms with Gasteiger partial charge >= 0.3 is 0 Å². The third-order valence-electron chi connectivity index (χ3n) is 4.50. The van der Waals surface area contributed by atoms with Crippen molar-refractivity contribution in [1.29, 1.82) is 0 Å². The zero-order valence-electron chi connectivity index (χ0n) is 11.9. The standard InChI is InChI=1S/C15H22N4/c1-10-7-8-14-17-15(18-19(14)9-10)16-13-6-4-5-11(2)12(13)3/h7-9,11-13H,4-6H2,1-3H3,(H,16,18). The molecule has 0 amide bonds. The Hall–Kier alpha value is -1.58. The quantitative estimate of drug-likeness (QED) is 0.899. The number of rotatable bonds is 2. The molecule has 2 heterocycles. The Labute approximate surface area is 114 Å². The molecule has 1 aliphatic carbocycles. The second-order valence-corrected chi connectivity index (χ2v) is 5.96. The summed E-state index contributed by atoms with van der Waals surface area (Å²) in [7, 11) is 0. The molecule has 0 bridgehead atoms. The highest BCUT2D eigenvalue weighted by Crippen LogP contribution is 2.31. The van der Waals surface area contributed by atoms with Crippen LogP contribution in [0.2, 0.25) is 0 Å². The average Bonchev–Trinajstić information content (AvgIpc) is 2.76. The molecule has 0 aliphatic heterocycles. The number of hydrogen-bond donors (Lipinski definition) is 1. The molecule has 3 unspecified atom stereocenters. The summed E-state index contributed by atoms with van der Waals surface area (Å²) in [5.41, 5.74) is 2.10. The van der Waals surface area contributed by atoms with E-state index in [0.29, 0.717) is 12.0 Å². The van der Waals surface area contributed by atoms with Crippen LogP contribution in [0.1, 0.15) is 38.7 Å². The summed E-state index contributed by atoms with van der Waals surface area (Å²) >= 11 is 0. The van der Waals surface area contributed by atoms with Gasteiger partial charge in [0.2, 0.25) is 5.95 Å². The van der Waals surface area contributed by atoms with Crippen molar-refractivity contribution in [2.45, 2.75) is 46.1 Å². The molecule has 3 atom stereocenters. The maximum absolute atomic E-state index is 4.55. The minimum Gasteiger partial charge on any atom is -0.350 e. The molecule has 4 heteroatoms. The van der Waals surface area contributed by atoms with E-state index >= 15 is 0 Å². The topological polar surface area (TPSA) is 42.2 Å². The number of pyridine rings is 1. The average molecular weight is 258 g/mol. The summed E-state index contributed by atoms with van der Waals surface area (Å²) in [6.07, 6.45) is 5.88. The molecular formula is C15H22N4. The Balaban J connectivity index is 1.81. The Morgan fingerprint density at radius 2 is 2.11 bits per heavy atom. The molecule has 3 rings (SSSR count). The molecule has 102 valence electrons. The lowest BCUT2D eigenvalue weighted by atomic mass is 9.78. The summed E-state index contributed by atoms with van der Waals surface area (Å²) in [6.45, 7) is 6.75. The Bertz CT molecular complexity index is 575. The van der Waals surface area contributed by atoms with Gasteiger partial charge in [0.15, 0.2) is 5.65 Å². The monoisotopic (exact) mass is 258 g/mol. The van der Waals surface area contributed by atoms with E-state index in [-0.39, 0.29) is 0 Å². The molecule has 1 aliphatic rings. The van der Waals surface area contributed by atoms with E-state index in [9.17, 15) is 0 Å². The van der Waals surface area contributed by atoms with Crippen molar-refractivity contribution in [3.8, 4) is 0 Å². The zero-order valence-corrected chi connectivity index (χ0v) is 11.9. The molecule has 0 saturated heterocycles. The van der Waals surface area contributed by atoms with E-state index in [1.807, 2.05) is 16.8 Å². The van der Waals surface area contributed by atoms with Gasteiger partial charge < -0.3 is 5.32 Å². The number of nitrogens with one attached hydrogen (secondary N) is 1. The Morgan fingerprint density at radius 3 is 2.95 bits per heavy atom. The van der Waals surface area contributed by atoms with Gasteiger partial charge in [-0.25, -0.2) is 4.52 Å². The van der Waals surface area contributed by atoms with Gasteiger partial charge in [0.1, 0.15) is 0 Å². The first-order chi connectivity index (χ1) is 9.13. The third-order valence-corrected chi connectivity index (χ3v) is 4.50. The van der Waals surface area contributed by atoms with Crippen LogP contribution in [0.25, 0.3) is 5.65 Å². The van der Waals surface area contributed by atoms with Gasteiger partial charge in [-0.15, -0.1) is 5.10 Å². The van der Waals surface area contributed by atoms with Crippen molar-refractivity contribution in [3.63, 3.8) is 0 Å². The van der Waals surface area contributed by atoms with Crippen molar-refractivity contribution in [2.24, 2.45) is 11.8 Å². The van der Waals surface area contributed by atoms with Crippen LogP contribution in [0.3, 0.4) is 0 Å². The second-order valence-electron chi connectivity index (χ2n) is 5.96. The van der Waals surface area contributed by atoms with Gasteiger partial charge in [0.25, 0.3) is 0 Å². The van der Waals surface area contributed by atoms with E-state index in [1.165, 1.54) is 24.8 Å². The minimum absolute atomic E-state index is 0.502. The van der Waals surface area contributed by atoms with Crippen LogP contribution in [0.5, 0.6) is 0 Å². The lowest BCUT2D eigenvalue weighted by molar-refractivity contribution is 0.252. The highest BCUT2D eigenvalue weighted by Gasteiger charge is 2.27. The van der Waals surface area contributed by atoms with E-state index < -0.39 is 0 Å². The number of aromatic nitrogens is 3. The van der Waals surface area contributed by atoms with E-state index in [2.05, 4.69) is 42.2 Å². The molecule has 0 spiro atoms. The van der Waals surface area contributed by atoms with Crippen molar-refractivity contribution in [1.82, 2.24) is 14.6 Å². The number of aryl methyl sites for hydroxylation is 1. The number of anilines is 1. The van der Waals surface area contributed by atoms with Crippen molar-refractivity contribution in [2.75, 3.05) is 5.32 Å². The van der Waals surface area contributed by atoms with E-state index in [0.717, 1.165) is 17.5 Å². The first kappa shape index (κ1) is 12.5. The highest BCUT2D eigenvalue weighted by atomic mass is 15.3. The van der Waals surface area contributed by atoms with Crippen molar-refractivity contribution < 1.29 is 0 Å². The Morgan fingerprint density at radius 1 is 1.26 bits per heavy atom. The van der Waals surface area contributed by atoms with Crippen molar-refractivity contribution >= 4 is 11.6 Å². The van der Waals surface area contributed by atoms with Crippen LogP contribution < -0.4 is 5.32 Å². The van der Waals surface area contributed by atoms with Gasteiger partial charge in [0, 0.05) is 12.2 Å². The Kier molecular flexibility index (Phi) is 3.17. The normalized spacial score (nSPS) is 27.6. The molecule has 1 fully saturated rings. The first-order valence-corrected chi connectivity index (χ1v) is 7.23. The summed E-state index contributed by atoms with van der Waals surface area (Å²) in [5, 5.41) is 8.05. The number of nitrogens with zero attached hydrogens (tertiary/aromatic N) is 3. The largest absolute Gasteiger partial charge is 0.350 e. The van der Waals surface area contributed by atoms with Gasteiger partial charge in [-0.05, 0) is 36.8 Å². The molecule has 19 heavy (non-hydrogen) atoms. The van der Waals surface area contributed by atoms with Crippen LogP contribution in [0.15, 0.2) is 18.3 Å². The van der Waals surface area contributed by atoms with Crippen LogP contribution >= 0.6 is 0 Å². The van der Waals surface area contributed by atoms with E-state index in [1.54, 1.807) is 0 Å². The molecule has 2 aromatic rings. The summed E-state index contributed by atoms with van der Waals surface area (Å²) in [4.78, 5) is 4.55. The van der Waals surface area contributed by atoms with Crippen LogP contribution in [-0.2, 0) is 0 Å². The molecule has 4 nitrogen and oxygen atoms in total. The fourth-order valence-electron chi connectivity index (χ4n) is 3.00. The fourth-order valence-corrected chi connectivity index (χ4v) is 3.00. The zero-order chi connectivity index (χ0) is 13.4. The molecule has 2 aromatic heterocycles. The lowest BCUT2D eigenvalue weighted by Gasteiger charge is -2.34. The van der Waals surface area contributed by atoms with Crippen LogP contribution in [0.4, 0.5) is 5.95 Å². The molecule has 1 saturated carbocycles. The van der Waals surface area contributed by atoms with Gasteiger partial charge in [0.05, 0.1) is 0 Å². The lowest BCUT2D eigenvalue weighted by Crippen LogP contribution is -2.35. The minimum atomic E-state index is 0.502. The maximum Gasteiger partial charge on any atom is 0.243 e. The number of hydrogen-bond acceptors (Lipinski definition) is 3. The predicted octanol–water partition coefficient (Wildman–Crippen LogP) is 3.27. The predicted molar refractivity (Wildman–Crippen MR) is 77.3 cm³/mol. The summed E-state index contributed by atoms with van der Waals surface area (Å²) < 4.78 is 1.86. The van der Waals surface area contributed by atoms with Crippen LogP contribution in [0, 0.1) is 18.8 Å². The third kappa shape index (κ3) is 2.44. The smallest absolute Gasteiger partial charge is 0.243 e. The first-order valence-electron chi connectivity index (χ1n) is 7.23. The van der Waals surface area contributed by atoms with Crippen molar-refractivity contribution in [3.05, 3.63) is 23.9 Å². The highest BCUT2D eigenvalue weighted by molar-refractivity contribution is 5.44. The molecule has 1 N–H and O–H groups in total.